The van der Waals surface area contributed by atoms with Crippen molar-refractivity contribution in [2.45, 2.75) is 12.8 Å². The first-order valence-corrected chi connectivity index (χ1v) is 6.27. The summed E-state index contributed by atoms with van der Waals surface area (Å²) >= 11 is 5.56. The summed E-state index contributed by atoms with van der Waals surface area (Å²) in [5.74, 6) is -1.23. The van der Waals surface area contributed by atoms with Gasteiger partial charge in [0, 0.05) is 5.88 Å². The van der Waals surface area contributed by atoms with Gasteiger partial charge in [-0.05, 0) is 25.0 Å². The van der Waals surface area contributed by atoms with Crippen molar-refractivity contribution in [2.24, 2.45) is 0 Å². The van der Waals surface area contributed by atoms with E-state index < -0.39 is 17.2 Å². The SMILES string of the molecule is COn1c(CCCCl)c(F)c2c(F)cccc2c1=O. The lowest BCUT2D eigenvalue weighted by Crippen LogP contribution is -2.30. The van der Waals surface area contributed by atoms with Crippen LogP contribution in [0.25, 0.3) is 10.8 Å². The van der Waals surface area contributed by atoms with E-state index in [0.717, 1.165) is 10.8 Å². The second-order valence-electron chi connectivity index (χ2n) is 4.00. The third kappa shape index (κ3) is 2.30. The van der Waals surface area contributed by atoms with Crippen molar-refractivity contribution in [1.29, 1.82) is 0 Å². The van der Waals surface area contributed by atoms with Crippen molar-refractivity contribution in [3.63, 3.8) is 0 Å². The lowest BCUT2D eigenvalue weighted by molar-refractivity contribution is 0.146. The predicted octanol–water partition coefficient (Wildman–Crippen LogP) is 2.51. The molecule has 6 heteroatoms. The Morgan fingerprint density at radius 2 is 2.11 bits per heavy atom. The number of hydrogen-bond donors (Lipinski definition) is 0. The van der Waals surface area contributed by atoms with Gasteiger partial charge < -0.3 is 4.84 Å². The van der Waals surface area contributed by atoms with Gasteiger partial charge in [-0.25, -0.2) is 8.78 Å². The number of rotatable bonds is 4. The van der Waals surface area contributed by atoms with Crippen LogP contribution in [0.2, 0.25) is 0 Å². The van der Waals surface area contributed by atoms with Crippen LogP contribution in [0.4, 0.5) is 8.78 Å². The number of alkyl halides is 1. The minimum absolute atomic E-state index is 0.00532. The molecule has 0 amide bonds. The van der Waals surface area contributed by atoms with E-state index in [2.05, 4.69) is 0 Å². The van der Waals surface area contributed by atoms with Crippen LogP contribution in [0, 0.1) is 11.6 Å². The monoisotopic (exact) mass is 287 g/mol. The van der Waals surface area contributed by atoms with Gasteiger partial charge >= 0.3 is 0 Å². The van der Waals surface area contributed by atoms with Crippen LogP contribution in [-0.4, -0.2) is 17.7 Å². The Bertz CT molecular complexity index is 670. The summed E-state index contributed by atoms with van der Waals surface area (Å²) in [6.07, 6.45) is 0.657. The summed E-state index contributed by atoms with van der Waals surface area (Å²) < 4.78 is 28.9. The van der Waals surface area contributed by atoms with Crippen molar-refractivity contribution in [1.82, 2.24) is 4.73 Å². The van der Waals surface area contributed by atoms with E-state index in [9.17, 15) is 13.6 Å². The maximum absolute atomic E-state index is 14.4. The highest BCUT2D eigenvalue weighted by atomic mass is 35.5. The smallest absolute Gasteiger partial charge is 0.291 e. The molecule has 0 aliphatic carbocycles. The standard InChI is InChI=1S/C13H12ClF2NO2/c1-19-17-10(6-3-7-14)12(16)11-8(13(17)18)4-2-5-9(11)15/h2,4-5H,3,6-7H2,1H3. The zero-order chi connectivity index (χ0) is 14.0. The topological polar surface area (TPSA) is 31.2 Å². The number of aromatic nitrogens is 1. The van der Waals surface area contributed by atoms with Gasteiger partial charge in [-0.2, -0.15) is 0 Å². The number of hydrogen-bond acceptors (Lipinski definition) is 2. The highest BCUT2D eigenvalue weighted by Gasteiger charge is 2.19. The Morgan fingerprint density at radius 3 is 2.74 bits per heavy atom. The van der Waals surface area contributed by atoms with Crippen LogP contribution >= 0.6 is 11.6 Å². The summed E-state index contributed by atoms with van der Waals surface area (Å²) in [6.45, 7) is 0. The highest BCUT2D eigenvalue weighted by Crippen LogP contribution is 2.21. The van der Waals surface area contributed by atoms with Gasteiger partial charge in [-0.15, -0.1) is 16.3 Å². The zero-order valence-electron chi connectivity index (χ0n) is 10.3. The molecular formula is C13H12ClF2NO2. The average molecular weight is 288 g/mol. The minimum Gasteiger partial charge on any atom is -0.414 e. The summed E-state index contributed by atoms with van der Waals surface area (Å²) in [5, 5.41) is -0.348. The van der Waals surface area contributed by atoms with E-state index >= 15 is 0 Å². The minimum atomic E-state index is -0.778. The molecule has 0 unspecified atom stereocenters. The summed E-state index contributed by atoms with van der Waals surface area (Å²) in [5.41, 5.74) is -0.575. The first-order valence-electron chi connectivity index (χ1n) is 5.73. The molecule has 0 spiro atoms. The van der Waals surface area contributed by atoms with Crippen LogP contribution in [0.15, 0.2) is 23.0 Å². The second-order valence-corrected chi connectivity index (χ2v) is 4.38. The molecule has 0 radical (unpaired) electrons. The molecule has 0 aliphatic rings. The molecule has 1 heterocycles. The predicted molar refractivity (Wildman–Crippen MR) is 69.7 cm³/mol. The number of fused-ring (bicyclic) bond motifs is 1. The van der Waals surface area contributed by atoms with Gasteiger partial charge in [0.2, 0.25) is 0 Å². The fraction of sp³-hybridized carbons (Fsp3) is 0.308. The van der Waals surface area contributed by atoms with Crippen LogP contribution in [0.5, 0.6) is 0 Å². The summed E-state index contributed by atoms with van der Waals surface area (Å²) in [6, 6.07) is 3.84. The third-order valence-electron chi connectivity index (χ3n) is 2.88. The molecule has 0 aliphatic heterocycles. The first kappa shape index (κ1) is 13.8. The average Bonchev–Trinajstić information content (AvgIpc) is 2.41. The van der Waals surface area contributed by atoms with Gasteiger partial charge in [0.05, 0.1) is 16.5 Å². The van der Waals surface area contributed by atoms with Gasteiger partial charge in [0.25, 0.3) is 5.56 Å². The second kappa shape index (κ2) is 5.57. The maximum Gasteiger partial charge on any atom is 0.291 e. The Morgan fingerprint density at radius 1 is 1.37 bits per heavy atom. The van der Waals surface area contributed by atoms with Crippen molar-refractivity contribution in [3.8, 4) is 0 Å². The Labute approximate surface area is 113 Å². The molecule has 2 rings (SSSR count). The molecule has 1 aromatic carbocycles. The van der Waals surface area contributed by atoms with Crippen molar-refractivity contribution in [2.75, 3.05) is 13.0 Å². The van der Waals surface area contributed by atoms with E-state index in [-0.39, 0.29) is 22.9 Å². The molecule has 0 saturated heterocycles. The quantitative estimate of drug-likeness (QED) is 0.809. The molecule has 0 bridgehead atoms. The van der Waals surface area contributed by atoms with Gasteiger partial charge in [0.1, 0.15) is 12.9 Å². The first-order chi connectivity index (χ1) is 9.11. The maximum atomic E-state index is 14.4. The van der Waals surface area contributed by atoms with Crippen LogP contribution in [0.3, 0.4) is 0 Å². The fourth-order valence-corrected chi connectivity index (χ4v) is 2.16. The van der Waals surface area contributed by atoms with E-state index in [1.165, 1.54) is 19.2 Å². The van der Waals surface area contributed by atoms with Crippen molar-refractivity contribution < 1.29 is 13.6 Å². The normalized spacial score (nSPS) is 10.9. The number of pyridine rings is 1. The summed E-state index contributed by atoms with van der Waals surface area (Å²) in [4.78, 5) is 17.0. The van der Waals surface area contributed by atoms with Crippen LogP contribution in [0.1, 0.15) is 12.1 Å². The van der Waals surface area contributed by atoms with Gasteiger partial charge in [-0.1, -0.05) is 6.07 Å². The molecule has 2 aromatic rings. The Hall–Kier alpha value is -1.62. The van der Waals surface area contributed by atoms with E-state index in [0.29, 0.717) is 12.3 Å². The van der Waals surface area contributed by atoms with Crippen molar-refractivity contribution >= 4 is 22.4 Å². The van der Waals surface area contributed by atoms with E-state index in [4.69, 9.17) is 16.4 Å². The number of nitrogens with zero attached hydrogens (tertiary/aromatic N) is 1. The summed E-state index contributed by atoms with van der Waals surface area (Å²) in [7, 11) is 1.26. The lowest BCUT2D eigenvalue weighted by atomic mass is 10.1. The molecule has 19 heavy (non-hydrogen) atoms. The molecule has 0 N–H and O–H groups in total. The Kier molecular flexibility index (Phi) is 4.04. The molecule has 0 saturated carbocycles. The third-order valence-corrected chi connectivity index (χ3v) is 3.14. The zero-order valence-corrected chi connectivity index (χ0v) is 11.0. The highest BCUT2D eigenvalue weighted by molar-refractivity contribution is 6.17. The largest absolute Gasteiger partial charge is 0.414 e. The Balaban J connectivity index is 2.83. The fourth-order valence-electron chi connectivity index (χ4n) is 2.03. The van der Waals surface area contributed by atoms with E-state index in [1.807, 2.05) is 0 Å². The molecule has 1 aromatic heterocycles. The van der Waals surface area contributed by atoms with Gasteiger partial charge in [0.15, 0.2) is 5.82 Å². The molecule has 3 nitrogen and oxygen atoms in total. The number of benzene rings is 1. The molecule has 0 fully saturated rings. The molecule has 0 atom stereocenters. The van der Waals surface area contributed by atoms with Crippen LogP contribution < -0.4 is 10.4 Å². The van der Waals surface area contributed by atoms with Crippen molar-refractivity contribution in [3.05, 3.63) is 45.9 Å². The van der Waals surface area contributed by atoms with Crippen LogP contribution in [-0.2, 0) is 6.42 Å². The molecular weight excluding hydrogens is 276 g/mol. The van der Waals surface area contributed by atoms with E-state index in [1.54, 1.807) is 0 Å². The molecule has 102 valence electrons. The lowest BCUT2D eigenvalue weighted by Gasteiger charge is -2.13. The number of halogens is 3. The van der Waals surface area contributed by atoms with Gasteiger partial charge in [-0.3, -0.25) is 4.79 Å².